The van der Waals surface area contributed by atoms with Crippen molar-refractivity contribution in [1.82, 2.24) is 0 Å². The number of carbonyl (C=O) groups is 1. The van der Waals surface area contributed by atoms with Gasteiger partial charge in [-0.3, -0.25) is 4.79 Å². The molecule has 1 aliphatic carbocycles. The molecule has 1 aromatic carbocycles. The van der Waals surface area contributed by atoms with Crippen molar-refractivity contribution in [2.24, 2.45) is 11.8 Å². The highest BCUT2D eigenvalue weighted by Crippen LogP contribution is 2.31. The normalized spacial score (nSPS) is 20.3. The Kier molecular flexibility index (Phi) is 9.30. The van der Waals surface area contributed by atoms with Crippen molar-refractivity contribution in [3.63, 3.8) is 0 Å². The molecule has 4 heteroatoms. The summed E-state index contributed by atoms with van der Waals surface area (Å²) >= 11 is 3.43. The number of carbonyl (C=O) groups excluding carboxylic acids is 1. The predicted molar refractivity (Wildman–Crippen MR) is 100 cm³/mol. The zero-order valence-electron chi connectivity index (χ0n) is 14.6. The molecule has 0 aliphatic heterocycles. The van der Waals surface area contributed by atoms with Crippen molar-refractivity contribution in [1.29, 1.82) is 0 Å². The SMILES string of the molecule is CCCC1CCC(C(=O)OC)CC1.CCc1c(N)cccc1Br. The van der Waals surface area contributed by atoms with Crippen LogP contribution in [-0.2, 0) is 16.0 Å². The smallest absolute Gasteiger partial charge is 0.308 e. The Labute approximate surface area is 149 Å². The van der Waals surface area contributed by atoms with Crippen molar-refractivity contribution in [2.75, 3.05) is 12.8 Å². The van der Waals surface area contributed by atoms with Gasteiger partial charge in [0.25, 0.3) is 0 Å². The van der Waals surface area contributed by atoms with Crippen LogP contribution in [0.2, 0.25) is 0 Å². The molecule has 2 rings (SSSR count). The van der Waals surface area contributed by atoms with Crippen molar-refractivity contribution in [3.8, 4) is 0 Å². The minimum absolute atomic E-state index is 0.00468. The van der Waals surface area contributed by atoms with Crippen LogP contribution in [0.25, 0.3) is 0 Å². The van der Waals surface area contributed by atoms with Crippen molar-refractivity contribution in [2.45, 2.75) is 58.8 Å². The molecule has 130 valence electrons. The lowest BCUT2D eigenvalue weighted by molar-refractivity contribution is -0.146. The number of methoxy groups -OCH3 is 1. The van der Waals surface area contributed by atoms with Gasteiger partial charge < -0.3 is 10.5 Å². The summed E-state index contributed by atoms with van der Waals surface area (Å²) in [5.41, 5.74) is 7.77. The fourth-order valence-corrected chi connectivity index (χ4v) is 3.87. The van der Waals surface area contributed by atoms with E-state index in [1.54, 1.807) is 0 Å². The third-order valence-electron chi connectivity index (χ3n) is 4.59. The highest BCUT2D eigenvalue weighted by molar-refractivity contribution is 9.10. The van der Waals surface area contributed by atoms with Gasteiger partial charge in [-0.15, -0.1) is 0 Å². The van der Waals surface area contributed by atoms with Gasteiger partial charge in [0.2, 0.25) is 0 Å². The number of rotatable bonds is 4. The van der Waals surface area contributed by atoms with Crippen LogP contribution in [0.4, 0.5) is 5.69 Å². The highest BCUT2D eigenvalue weighted by Gasteiger charge is 2.26. The Bertz CT molecular complexity index is 462. The summed E-state index contributed by atoms with van der Waals surface area (Å²) in [6, 6.07) is 5.87. The zero-order chi connectivity index (χ0) is 17.2. The summed E-state index contributed by atoms with van der Waals surface area (Å²) in [5.74, 6) is 1.05. The lowest BCUT2D eigenvalue weighted by Crippen LogP contribution is -2.22. The van der Waals surface area contributed by atoms with Gasteiger partial charge in [0, 0.05) is 10.2 Å². The van der Waals surface area contributed by atoms with Gasteiger partial charge in [-0.1, -0.05) is 48.7 Å². The van der Waals surface area contributed by atoms with Crippen LogP contribution in [0.5, 0.6) is 0 Å². The van der Waals surface area contributed by atoms with Crippen LogP contribution in [0.3, 0.4) is 0 Å². The molecule has 3 nitrogen and oxygen atoms in total. The molecule has 2 N–H and O–H groups in total. The van der Waals surface area contributed by atoms with Gasteiger partial charge in [0.05, 0.1) is 13.0 Å². The molecule has 0 radical (unpaired) electrons. The van der Waals surface area contributed by atoms with Gasteiger partial charge in [-0.2, -0.15) is 0 Å². The molecule has 0 saturated heterocycles. The molecule has 0 aromatic heterocycles. The molecule has 0 atom stereocenters. The molecule has 1 saturated carbocycles. The van der Waals surface area contributed by atoms with E-state index in [1.807, 2.05) is 18.2 Å². The summed E-state index contributed by atoms with van der Waals surface area (Å²) in [6.07, 6.45) is 8.09. The minimum atomic E-state index is -0.00468. The minimum Gasteiger partial charge on any atom is -0.469 e. The van der Waals surface area contributed by atoms with E-state index in [9.17, 15) is 4.79 Å². The fraction of sp³-hybridized carbons (Fsp3) is 0.632. The Morgan fingerprint density at radius 2 is 1.91 bits per heavy atom. The maximum absolute atomic E-state index is 11.2. The number of hydrogen-bond acceptors (Lipinski definition) is 3. The van der Waals surface area contributed by atoms with E-state index in [1.165, 1.54) is 38.4 Å². The lowest BCUT2D eigenvalue weighted by Gasteiger charge is -2.26. The Hall–Kier alpha value is -1.03. The highest BCUT2D eigenvalue weighted by atomic mass is 79.9. The van der Waals surface area contributed by atoms with Crippen LogP contribution >= 0.6 is 15.9 Å². The second-order valence-electron chi connectivity index (χ2n) is 6.19. The molecule has 0 spiro atoms. The second kappa shape index (κ2) is 10.7. The standard InChI is InChI=1S/C11H20O2.C8H10BrN/c1-3-4-9-5-7-10(8-6-9)11(12)13-2;1-2-6-7(9)4-3-5-8(6)10/h9-10H,3-8H2,1-2H3;3-5H,2,10H2,1H3. The summed E-state index contributed by atoms with van der Waals surface area (Å²) in [5, 5.41) is 0. The number of ether oxygens (including phenoxy) is 1. The Balaban J connectivity index is 0.000000238. The van der Waals surface area contributed by atoms with Crippen LogP contribution < -0.4 is 5.73 Å². The first-order valence-electron chi connectivity index (χ1n) is 8.64. The maximum Gasteiger partial charge on any atom is 0.308 e. The van der Waals surface area contributed by atoms with Gasteiger partial charge in [-0.05, 0) is 55.7 Å². The van der Waals surface area contributed by atoms with Crippen LogP contribution in [0.15, 0.2) is 22.7 Å². The lowest BCUT2D eigenvalue weighted by atomic mass is 9.80. The predicted octanol–water partition coefficient (Wildman–Crippen LogP) is 5.36. The number of nitrogens with two attached hydrogens (primary N) is 1. The van der Waals surface area contributed by atoms with Crippen LogP contribution in [-0.4, -0.2) is 13.1 Å². The molecular weight excluding hydrogens is 354 g/mol. The number of halogens is 1. The second-order valence-corrected chi connectivity index (χ2v) is 7.04. The van der Waals surface area contributed by atoms with Crippen LogP contribution in [0.1, 0.15) is 57.9 Å². The Morgan fingerprint density at radius 1 is 1.26 bits per heavy atom. The van der Waals surface area contributed by atoms with E-state index in [2.05, 4.69) is 29.8 Å². The van der Waals surface area contributed by atoms with Gasteiger partial charge in [0.15, 0.2) is 0 Å². The molecule has 1 aromatic rings. The maximum atomic E-state index is 11.2. The third-order valence-corrected chi connectivity index (χ3v) is 5.33. The van der Waals surface area contributed by atoms with Gasteiger partial charge in [-0.25, -0.2) is 0 Å². The molecule has 23 heavy (non-hydrogen) atoms. The Morgan fingerprint density at radius 3 is 2.35 bits per heavy atom. The van der Waals surface area contributed by atoms with Crippen molar-refractivity contribution >= 4 is 27.6 Å². The quantitative estimate of drug-likeness (QED) is 0.562. The molecule has 0 unspecified atom stereocenters. The van der Waals surface area contributed by atoms with E-state index in [4.69, 9.17) is 10.5 Å². The molecule has 0 bridgehead atoms. The number of hydrogen-bond donors (Lipinski definition) is 1. The average Bonchev–Trinajstić information content (AvgIpc) is 2.56. The number of nitrogen functional groups attached to an aromatic ring is 1. The van der Waals surface area contributed by atoms with Crippen molar-refractivity contribution in [3.05, 3.63) is 28.2 Å². The molecule has 0 heterocycles. The first kappa shape index (κ1) is 20.0. The van der Waals surface area contributed by atoms with Crippen molar-refractivity contribution < 1.29 is 9.53 Å². The number of benzene rings is 1. The first-order valence-corrected chi connectivity index (χ1v) is 9.43. The number of esters is 1. The summed E-state index contributed by atoms with van der Waals surface area (Å²) in [7, 11) is 1.49. The van der Waals surface area contributed by atoms with E-state index < -0.39 is 0 Å². The van der Waals surface area contributed by atoms with Crippen LogP contribution in [0, 0.1) is 11.8 Å². The molecule has 1 fully saturated rings. The fourth-order valence-electron chi connectivity index (χ4n) is 3.21. The van der Waals surface area contributed by atoms with E-state index in [0.29, 0.717) is 0 Å². The van der Waals surface area contributed by atoms with Gasteiger partial charge in [0.1, 0.15) is 0 Å². The summed E-state index contributed by atoms with van der Waals surface area (Å²) < 4.78 is 5.85. The zero-order valence-corrected chi connectivity index (χ0v) is 16.2. The molecule has 1 aliphatic rings. The largest absolute Gasteiger partial charge is 0.469 e. The van der Waals surface area contributed by atoms with E-state index in [0.717, 1.165) is 35.3 Å². The summed E-state index contributed by atoms with van der Waals surface area (Å²) in [4.78, 5) is 11.2. The van der Waals surface area contributed by atoms with E-state index >= 15 is 0 Å². The molecular formula is C19H30BrNO2. The third kappa shape index (κ3) is 6.54. The molecule has 0 amide bonds. The first-order chi connectivity index (χ1) is 11.0. The van der Waals surface area contributed by atoms with E-state index in [-0.39, 0.29) is 11.9 Å². The summed E-state index contributed by atoms with van der Waals surface area (Å²) in [6.45, 7) is 4.32. The number of anilines is 1. The van der Waals surface area contributed by atoms with Gasteiger partial charge >= 0.3 is 5.97 Å². The monoisotopic (exact) mass is 383 g/mol. The topological polar surface area (TPSA) is 52.3 Å². The average molecular weight is 384 g/mol.